The quantitative estimate of drug-likeness (QED) is 0.559. The smallest absolute Gasteiger partial charge is 0.336 e. The molecule has 0 aliphatic carbocycles. The van der Waals surface area contributed by atoms with Gasteiger partial charge < -0.3 is 10.2 Å². The zero-order chi connectivity index (χ0) is 9.14. The third-order valence-corrected chi connectivity index (χ3v) is 1.66. The van der Waals surface area contributed by atoms with E-state index >= 15 is 0 Å². The molecule has 1 rings (SSSR count). The highest BCUT2D eigenvalue weighted by Gasteiger charge is 2.07. The molecule has 0 bridgehead atoms. The largest absolute Gasteiger partial charge is 0.478 e. The molecule has 2 N–H and O–H groups in total. The lowest BCUT2D eigenvalue weighted by Crippen LogP contribution is -2.09. The highest BCUT2D eigenvalue weighted by molar-refractivity contribution is 6.32. The average Bonchev–Trinajstić information content (AvgIpc) is 2.03. The van der Waals surface area contributed by atoms with Crippen LogP contribution in [0.1, 0.15) is 15.9 Å². The lowest BCUT2D eigenvalue weighted by atomic mass is 9.92. The van der Waals surface area contributed by atoms with E-state index < -0.39 is 5.97 Å². The summed E-state index contributed by atoms with van der Waals surface area (Å²) in [5.74, 6) is -1.00. The van der Waals surface area contributed by atoms with E-state index in [1.807, 2.05) is 7.85 Å². The molecule has 12 heavy (non-hydrogen) atoms. The summed E-state index contributed by atoms with van der Waals surface area (Å²) in [6, 6.07) is 4.88. The SMILES string of the molecule is Bc1ccc(C(=O)O)c(CO)c1. The maximum absolute atomic E-state index is 10.6. The first-order valence-corrected chi connectivity index (χ1v) is 3.59. The van der Waals surface area contributed by atoms with Crippen LogP contribution in [0.2, 0.25) is 0 Å². The Morgan fingerprint density at radius 2 is 2.17 bits per heavy atom. The van der Waals surface area contributed by atoms with Crippen molar-refractivity contribution in [2.75, 3.05) is 0 Å². The van der Waals surface area contributed by atoms with Crippen LogP contribution in [0.4, 0.5) is 0 Å². The standard InChI is InChI=1S/C8H9BO3/c9-6-1-2-7(8(11)12)5(3-6)4-10/h1-3,10H,4,9H2,(H,11,12). The van der Waals surface area contributed by atoms with Gasteiger partial charge >= 0.3 is 5.97 Å². The van der Waals surface area contributed by atoms with E-state index in [2.05, 4.69) is 0 Å². The molecule has 0 amide bonds. The van der Waals surface area contributed by atoms with Crippen molar-refractivity contribution in [3.63, 3.8) is 0 Å². The molecule has 0 atom stereocenters. The van der Waals surface area contributed by atoms with Crippen molar-refractivity contribution < 1.29 is 15.0 Å². The van der Waals surface area contributed by atoms with E-state index in [1.165, 1.54) is 6.07 Å². The second kappa shape index (κ2) is 3.41. The van der Waals surface area contributed by atoms with Crippen molar-refractivity contribution in [3.8, 4) is 0 Å². The van der Waals surface area contributed by atoms with Gasteiger partial charge in [0.25, 0.3) is 0 Å². The fraction of sp³-hybridized carbons (Fsp3) is 0.125. The molecule has 4 heteroatoms. The van der Waals surface area contributed by atoms with Gasteiger partial charge in [-0.15, -0.1) is 0 Å². The molecule has 0 saturated heterocycles. The number of rotatable bonds is 2. The van der Waals surface area contributed by atoms with Gasteiger partial charge in [-0.05, 0) is 11.6 Å². The van der Waals surface area contributed by atoms with Crippen LogP contribution in [0.5, 0.6) is 0 Å². The molecule has 0 fully saturated rings. The number of carboxylic acids is 1. The molecule has 1 aromatic rings. The summed E-state index contributed by atoms with van der Waals surface area (Å²) in [5.41, 5.74) is 1.58. The van der Waals surface area contributed by atoms with E-state index in [-0.39, 0.29) is 12.2 Å². The van der Waals surface area contributed by atoms with E-state index in [0.717, 1.165) is 5.46 Å². The molecular weight excluding hydrogens is 155 g/mol. The average molecular weight is 164 g/mol. The molecule has 0 heterocycles. The van der Waals surface area contributed by atoms with Crippen LogP contribution in [-0.4, -0.2) is 24.0 Å². The predicted molar refractivity (Wildman–Crippen MR) is 47.5 cm³/mol. The highest BCUT2D eigenvalue weighted by atomic mass is 16.4. The highest BCUT2D eigenvalue weighted by Crippen LogP contribution is 2.06. The zero-order valence-electron chi connectivity index (χ0n) is 6.74. The predicted octanol–water partition coefficient (Wildman–Crippen LogP) is -0.864. The molecule has 0 aliphatic heterocycles. The van der Waals surface area contributed by atoms with Crippen molar-refractivity contribution in [2.24, 2.45) is 0 Å². The summed E-state index contributed by atoms with van der Waals surface area (Å²) in [7, 11) is 1.85. The third-order valence-electron chi connectivity index (χ3n) is 1.66. The van der Waals surface area contributed by atoms with Gasteiger partial charge in [-0.3, -0.25) is 0 Å². The number of benzene rings is 1. The molecule has 0 unspecified atom stereocenters. The molecule has 1 aromatic carbocycles. The van der Waals surface area contributed by atoms with Crippen LogP contribution in [0.15, 0.2) is 18.2 Å². The van der Waals surface area contributed by atoms with Gasteiger partial charge in [0.1, 0.15) is 7.85 Å². The van der Waals surface area contributed by atoms with Crippen LogP contribution < -0.4 is 5.46 Å². The van der Waals surface area contributed by atoms with Gasteiger partial charge in [-0.1, -0.05) is 17.6 Å². The molecule has 3 nitrogen and oxygen atoms in total. The fourth-order valence-electron chi connectivity index (χ4n) is 1.06. The van der Waals surface area contributed by atoms with Crippen molar-refractivity contribution in [3.05, 3.63) is 29.3 Å². The molecule has 0 aliphatic rings. The summed E-state index contributed by atoms with van der Waals surface area (Å²) in [6.45, 7) is -0.233. The van der Waals surface area contributed by atoms with E-state index in [1.54, 1.807) is 12.1 Å². The van der Waals surface area contributed by atoms with Crippen molar-refractivity contribution in [1.29, 1.82) is 0 Å². The minimum absolute atomic E-state index is 0.170. The normalized spacial score (nSPS) is 9.75. The van der Waals surface area contributed by atoms with E-state index in [4.69, 9.17) is 10.2 Å². The molecular formula is C8H9BO3. The van der Waals surface area contributed by atoms with Crippen LogP contribution in [-0.2, 0) is 6.61 Å². The van der Waals surface area contributed by atoms with Gasteiger partial charge in [0.2, 0.25) is 0 Å². The Kier molecular flexibility index (Phi) is 2.50. The Morgan fingerprint density at radius 1 is 1.50 bits per heavy atom. The van der Waals surface area contributed by atoms with Crippen LogP contribution in [0.25, 0.3) is 0 Å². The minimum atomic E-state index is -1.00. The van der Waals surface area contributed by atoms with Crippen LogP contribution in [0, 0.1) is 0 Å². The number of hydrogen-bond acceptors (Lipinski definition) is 2. The monoisotopic (exact) mass is 164 g/mol. The Bertz CT molecular complexity index is 309. The summed E-state index contributed by atoms with van der Waals surface area (Å²) < 4.78 is 0. The first-order chi connectivity index (χ1) is 5.65. The fourth-order valence-corrected chi connectivity index (χ4v) is 1.06. The van der Waals surface area contributed by atoms with Crippen molar-refractivity contribution in [1.82, 2.24) is 0 Å². The van der Waals surface area contributed by atoms with Gasteiger partial charge in [0.05, 0.1) is 12.2 Å². The zero-order valence-corrected chi connectivity index (χ0v) is 6.74. The molecule has 62 valence electrons. The lowest BCUT2D eigenvalue weighted by molar-refractivity contribution is 0.0693. The van der Waals surface area contributed by atoms with Crippen molar-refractivity contribution in [2.45, 2.75) is 6.61 Å². The Hall–Kier alpha value is -1.29. The minimum Gasteiger partial charge on any atom is -0.478 e. The van der Waals surface area contributed by atoms with E-state index in [0.29, 0.717) is 5.56 Å². The summed E-state index contributed by atoms with van der Waals surface area (Å²) >= 11 is 0. The second-order valence-corrected chi connectivity index (χ2v) is 2.62. The molecule has 0 aromatic heterocycles. The maximum Gasteiger partial charge on any atom is 0.336 e. The summed E-state index contributed by atoms with van der Waals surface area (Å²) in [6.07, 6.45) is 0. The Morgan fingerprint density at radius 3 is 2.67 bits per heavy atom. The molecule has 0 saturated carbocycles. The number of aliphatic hydroxyl groups excluding tert-OH is 1. The van der Waals surface area contributed by atoms with E-state index in [9.17, 15) is 4.79 Å². The Labute approximate surface area is 71.1 Å². The van der Waals surface area contributed by atoms with Crippen LogP contribution >= 0.6 is 0 Å². The molecule has 0 radical (unpaired) electrons. The number of carboxylic acid groups (broad SMARTS) is 1. The number of carbonyl (C=O) groups is 1. The Balaban J connectivity index is 3.20. The topological polar surface area (TPSA) is 57.5 Å². The number of aliphatic hydroxyl groups is 1. The summed E-state index contributed by atoms with van der Waals surface area (Å²) in [4.78, 5) is 10.6. The summed E-state index contributed by atoms with van der Waals surface area (Å²) in [5, 5.41) is 17.5. The first-order valence-electron chi connectivity index (χ1n) is 3.59. The maximum atomic E-state index is 10.6. The van der Waals surface area contributed by atoms with Gasteiger partial charge in [0.15, 0.2) is 0 Å². The first kappa shape index (κ1) is 8.81. The van der Waals surface area contributed by atoms with Gasteiger partial charge in [0, 0.05) is 0 Å². The molecule has 0 spiro atoms. The lowest BCUT2D eigenvalue weighted by Gasteiger charge is -2.03. The number of aromatic carboxylic acids is 1. The van der Waals surface area contributed by atoms with Crippen molar-refractivity contribution >= 4 is 19.3 Å². The van der Waals surface area contributed by atoms with Gasteiger partial charge in [-0.2, -0.15) is 0 Å². The number of hydrogen-bond donors (Lipinski definition) is 2. The van der Waals surface area contributed by atoms with Gasteiger partial charge in [-0.25, -0.2) is 4.79 Å². The van der Waals surface area contributed by atoms with Crippen LogP contribution in [0.3, 0.4) is 0 Å². The third kappa shape index (κ3) is 1.65. The second-order valence-electron chi connectivity index (χ2n) is 2.62.